The lowest BCUT2D eigenvalue weighted by Crippen LogP contribution is -2.14. The molecule has 0 aliphatic carbocycles. The number of phenolic OH excluding ortho intramolecular Hbond substituents is 1. The lowest BCUT2D eigenvalue weighted by molar-refractivity contribution is -0.112. The zero-order valence-corrected chi connectivity index (χ0v) is 13.7. The Kier molecular flexibility index (Phi) is 4.49. The number of para-hydroxylation sites is 1. The summed E-state index contributed by atoms with van der Waals surface area (Å²) in [4.78, 5) is 12.5. The van der Waals surface area contributed by atoms with E-state index < -0.39 is 5.91 Å². The maximum Gasteiger partial charge on any atom is 0.266 e. The molecule has 0 aliphatic heterocycles. The molecule has 0 aromatic heterocycles. The van der Waals surface area contributed by atoms with E-state index in [0.717, 1.165) is 16.3 Å². The summed E-state index contributed by atoms with van der Waals surface area (Å²) in [6.45, 7) is 1.88. The van der Waals surface area contributed by atoms with E-state index in [1.165, 1.54) is 6.08 Å². The second kappa shape index (κ2) is 6.90. The normalized spacial score (nSPS) is 11.1. The van der Waals surface area contributed by atoms with Gasteiger partial charge >= 0.3 is 0 Å². The second-order valence-electron chi connectivity index (χ2n) is 5.66. The van der Waals surface area contributed by atoms with E-state index >= 15 is 0 Å². The molecule has 0 saturated heterocycles. The molecule has 3 rings (SSSR count). The van der Waals surface area contributed by atoms with Gasteiger partial charge in [-0.15, -0.1) is 0 Å². The Morgan fingerprint density at radius 2 is 1.80 bits per heavy atom. The molecule has 0 heterocycles. The van der Waals surface area contributed by atoms with Crippen molar-refractivity contribution in [1.29, 1.82) is 5.26 Å². The molecule has 0 fully saturated rings. The van der Waals surface area contributed by atoms with Gasteiger partial charge in [0.15, 0.2) is 0 Å². The number of nitrogens with zero attached hydrogens (tertiary/aromatic N) is 1. The third-order valence-corrected chi connectivity index (χ3v) is 3.99. The predicted octanol–water partition coefficient (Wildman–Crippen LogP) is 4.40. The van der Waals surface area contributed by atoms with Crippen LogP contribution in [0.5, 0.6) is 5.75 Å². The van der Waals surface area contributed by atoms with Crippen LogP contribution in [0.15, 0.2) is 66.2 Å². The number of benzene rings is 3. The van der Waals surface area contributed by atoms with Crippen molar-refractivity contribution >= 4 is 28.4 Å². The number of amides is 1. The van der Waals surface area contributed by atoms with Crippen LogP contribution in [-0.2, 0) is 4.79 Å². The maximum atomic E-state index is 12.5. The summed E-state index contributed by atoms with van der Waals surface area (Å²) in [6, 6.07) is 20.1. The zero-order valence-electron chi connectivity index (χ0n) is 13.7. The molecular formula is C21H16N2O2. The number of anilines is 1. The largest absolute Gasteiger partial charge is 0.507 e. The van der Waals surface area contributed by atoms with Gasteiger partial charge in [0.25, 0.3) is 5.91 Å². The van der Waals surface area contributed by atoms with Crippen molar-refractivity contribution in [2.75, 3.05) is 5.32 Å². The van der Waals surface area contributed by atoms with E-state index in [9.17, 15) is 15.2 Å². The van der Waals surface area contributed by atoms with E-state index in [2.05, 4.69) is 5.32 Å². The predicted molar refractivity (Wildman–Crippen MR) is 99.0 cm³/mol. The molecule has 0 atom stereocenters. The van der Waals surface area contributed by atoms with Crippen molar-refractivity contribution in [2.24, 2.45) is 0 Å². The number of aryl methyl sites for hydroxylation is 1. The number of carbonyl (C=O) groups is 1. The third kappa shape index (κ3) is 3.36. The van der Waals surface area contributed by atoms with Crippen molar-refractivity contribution < 1.29 is 9.90 Å². The summed E-state index contributed by atoms with van der Waals surface area (Å²) in [5.41, 5.74) is 1.93. The first-order valence-electron chi connectivity index (χ1n) is 7.79. The molecule has 2 N–H and O–H groups in total. The van der Waals surface area contributed by atoms with E-state index in [0.29, 0.717) is 11.3 Å². The molecule has 0 saturated carbocycles. The molecule has 3 aromatic rings. The molecule has 3 aromatic carbocycles. The fraction of sp³-hybridized carbons (Fsp3) is 0.0476. The van der Waals surface area contributed by atoms with Gasteiger partial charge in [-0.2, -0.15) is 5.26 Å². The number of rotatable bonds is 3. The smallest absolute Gasteiger partial charge is 0.266 e. The maximum absolute atomic E-state index is 12.5. The van der Waals surface area contributed by atoms with Gasteiger partial charge in [-0.1, -0.05) is 48.5 Å². The van der Waals surface area contributed by atoms with Crippen LogP contribution in [0.2, 0.25) is 0 Å². The van der Waals surface area contributed by atoms with Crippen LogP contribution in [0.3, 0.4) is 0 Å². The van der Waals surface area contributed by atoms with Crippen LogP contribution in [-0.4, -0.2) is 11.0 Å². The number of nitriles is 1. The Morgan fingerprint density at radius 1 is 1.08 bits per heavy atom. The van der Waals surface area contributed by atoms with E-state index in [-0.39, 0.29) is 11.3 Å². The van der Waals surface area contributed by atoms with E-state index in [1.807, 2.05) is 55.5 Å². The summed E-state index contributed by atoms with van der Waals surface area (Å²) >= 11 is 0. The topological polar surface area (TPSA) is 73.1 Å². The minimum absolute atomic E-state index is 0.0233. The molecule has 4 heteroatoms. The molecule has 0 bridgehead atoms. The highest BCUT2D eigenvalue weighted by Crippen LogP contribution is 2.29. The molecule has 122 valence electrons. The molecule has 0 aliphatic rings. The lowest BCUT2D eigenvalue weighted by atomic mass is 10.0. The van der Waals surface area contributed by atoms with Crippen LogP contribution in [0.25, 0.3) is 16.8 Å². The quantitative estimate of drug-likeness (QED) is 0.553. The summed E-state index contributed by atoms with van der Waals surface area (Å²) < 4.78 is 0. The van der Waals surface area contributed by atoms with Crippen LogP contribution in [0.1, 0.15) is 11.1 Å². The highest BCUT2D eigenvalue weighted by molar-refractivity contribution is 6.11. The van der Waals surface area contributed by atoms with Gasteiger partial charge in [0.1, 0.15) is 17.4 Å². The Morgan fingerprint density at radius 3 is 2.56 bits per heavy atom. The van der Waals surface area contributed by atoms with Crippen LogP contribution < -0.4 is 5.32 Å². The lowest BCUT2D eigenvalue weighted by Gasteiger charge is -2.09. The Hall–Kier alpha value is -3.58. The Balaban J connectivity index is 2.02. The molecule has 1 amide bonds. The molecule has 0 radical (unpaired) electrons. The average Bonchev–Trinajstić information content (AvgIpc) is 2.63. The number of hydrogen-bond acceptors (Lipinski definition) is 3. The van der Waals surface area contributed by atoms with Crippen molar-refractivity contribution in [3.63, 3.8) is 0 Å². The fourth-order valence-corrected chi connectivity index (χ4v) is 2.63. The number of phenols is 1. The number of nitrogens with one attached hydrogen (secondary N) is 1. The van der Waals surface area contributed by atoms with Gasteiger partial charge < -0.3 is 10.4 Å². The van der Waals surface area contributed by atoms with Crippen LogP contribution in [0.4, 0.5) is 5.69 Å². The zero-order chi connectivity index (χ0) is 17.8. The first-order chi connectivity index (χ1) is 12.1. The van der Waals surface area contributed by atoms with Gasteiger partial charge in [0.05, 0.1) is 0 Å². The van der Waals surface area contributed by atoms with E-state index in [1.54, 1.807) is 18.2 Å². The summed E-state index contributed by atoms with van der Waals surface area (Å²) in [5, 5.41) is 24.0. The summed E-state index contributed by atoms with van der Waals surface area (Å²) in [6.07, 6.45) is 1.42. The fourth-order valence-electron chi connectivity index (χ4n) is 2.63. The Bertz CT molecular complexity index is 1030. The number of aromatic hydroxyl groups is 1. The molecular weight excluding hydrogens is 312 g/mol. The number of fused-ring (bicyclic) bond motifs is 1. The van der Waals surface area contributed by atoms with Crippen LogP contribution in [0, 0.1) is 18.3 Å². The van der Waals surface area contributed by atoms with Crippen molar-refractivity contribution in [2.45, 2.75) is 6.92 Å². The molecule has 0 spiro atoms. The molecule has 4 nitrogen and oxygen atoms in total. The van der Waals surface area contributed by atoms with Crippen molar-refractivity contribution in [1.82, 2.24) is 0 Å². The first-order valence-corrected chi connectivity index (χ1v) is 7.79. The van der Waals surface area contributed by atoms with Gasteiger partial charge in [-0.3, -0.25) is 4.79 Å². The van der Waals surface area contributed by atoms with Gasteiger partial charge in [0.2, 0.25) is 0 Å². The van der Waals surface area contributed by atoms with Crippen LogP contribution >= 0.6 is 0 Å². The molecule has 0 unspecified atom stereocenters. The standard InChI is InChI=1S/C21H16N2O2/c1-14-6-2-5-9-19(14)23-21(25)16(13-22)12-18-17-8-4-3-7-15(17)10-11-20(18)24/h2-12,24H,1H3,(H,23,25)/b16-12-. The SMILES string of the molecule is Cc1ccccc1NC(=O)/C(C#N)=C\c1c(O)ccc2ccccc12. The van der Waals surface area contributed by atoms with Crippen molar-refractivity contribution in [3.8, 4) is 11.8 Å². The summed E-state index contributed by atoms with van der Waals surface area (Å²) in [5.74, 6) is -0.487. The molecule has 25 heavy (non-hydrogen) atoms. The minimum atomic E-state index is -0.510. The van der Waals surface area contributed by atoms with Gasteiger partial charge in [-0.05, 0) is 41.5 Å². The third-order valence-electron chi connectivity index (χ3n) is 3.99. The number of carbonyl (C=O) groups excluding carboxylic acids is 1. The second-order valence-corrected chi connectivity index (χ2v) is 5.66. The average molecular weight is 328 g/mol. The van der Waals surface area contributed by atoms with Gasteiger partial charge in [0, 0.05) is 11.3 Å². The highest BCUT2D eigenvalue weighted by atomic mass is 16.3. The highest BCUT2D eigenvalue weighted by Gasteiger charge is 2.13. The number of hydrogen-bond donors (Lipinski definition) is 2. The first kappa shape index (κ1) is 16.3. The minimum Gasteiger partial charge on any atom is -0.507 e. The van der Waals surface area contributed by atoms with E-state index in [4.69, 9.17) is 0 Å². The van der Waals surface area contributed by atoms with Crippen molar-refractivity contribution in [3.05, 3.63) is 77.4 Å². The monoisotopic (exact) mass is 328 g/mol. The van der Waals surface area contributed by atoms with Gasteiger partial charge in [-0.25, -0.2) is 0 Å². The summed E-state index contributed by atoms with van der Waals surface area (Å²) in [7, 11) is 0. The Labute approximate surface area is 145 Å².